The van der Waals surface area contributed by atoms with E-state index < -0.39 is 5.82 Å². The summed E-state index contributed by atoms with van der Waals surface area (Å²) in [5, 5.41) is 4.52. The normalized spacial score (nSPS) is 14.0. The first-order valence-corrected chi connectivity index (χ1v) is 7.68. The zero-order chi connectivity index (χ0) is 15.6. The lowest BCUT2D eigenvalue weighted by Gasteiger charge is -2.22. The van der Waals surface area contributed by atoms with Crippen molar-refractivity contribution in [3.05, 3.63) is 68.4 Å². The molecule has 0 amide bonds. The van der Waals surface area contributed by atoms with Crippen molar-refractivity contribution < 1.29 is 4.39 Å². The molecule has 1 unspecified atom stereocenters. The Morgan fingerprint density at radius 2 is 1.48 bits per heavy atom. The molecule has 0 aromatic heterocycles. The Balaban J connectivity index is 2.20. The van der Waals surface area contributed by atoms with E-state index in [1.807, 2.05) is 38.1 Å². The molecular weight excluding hydrogens is 332 g/mol. The standard InChI is InChI=1S/C16H15Cl3FN/c1-9(11-5-3-4-6-13(11)17)21-10(2)12-7-16(20)15(19)8-14(12)18/h3-10,21H,1-2H3/t9-,10?/m0/s1. The highest BCUT2D eigenvalue weighted by molar-refractivity contribution is 6.35. The van der Waals surface area contributed by atoms with Crippen molar-refractivity contribution in [1.29, 1.82) is 0 Å². The third kappa shape index (κ3) is 3.89. The van der Waals surface area contributed by atoms with E-state index in [1.165, 1.54) is 12.1 Å². The highest BCUT2D eigenvalue weighted by atomic mass is 35.5. The molecular formula is C16H15Cl3FN. The molecule has 0 saturated carbocycles. The van der Waals surface area contributed by atoms with Gasteiger partial charge in [-0.25, -0.2) is 4.39 Å². The largest absolute Gasteiger partial charge is 0.304 e. The van der Waals surface area contributed by atoms with Gasteiger partial charge in [-0.1, -0.05) is 53.0 Å². The molecule has 0 radical (unpaired) electrons. The van der Waals surface area contributed by atoms with Crippen LogP contribution in [0.3, 0.4) is 0 Å². The van der Waals surface area contributed by atoms with Crippen LogP contribution in [0, 0.1) is 5.82 Å². The molecule has 1 nitrogen and oxygen atoms in total. The number of halogens is 4. The van der Waals surface area contributed by atoms with Crippen LogP contribution in [0.2, 0.25) is 15.1 Å². The fourth-order valence-electron chi connectivity index (χ4n) is 2.25. The van der Waals surface area contributed by atoms with E-state index in [0.29, 0.717) is 15.6 Å². The predicted molar refractivity (Wildman–Crippen MR) is 87.8 cm³/mol. The lowest BCUT2D eigenvalue weighted by Crippen LogP contribution is -2.23. The predicted octanol–water partition coefficient (Wildman–Crippen LogP) is 6.20. The van der Waals surface area contributed by atoms with Crippen LogP contribution in [-0.4, -0.2) is 0 Å². The molecule has 2 aromatic rings. The van der Waals surface area contributed by atoms with Gasteiger partial charge in [0, 0.05) is 22.1 Å². The van der Waals surface area contributed by atoms with Crippen LogP contribution in [-0.2, 0) is 0 Å². The van der Waals surface area contributed by atoms with Crippen LogP contribution in [0.5, 0.6) is 0 Å². The summed E-state index contributed by atoms with van der Waals surface area (Å²) in [5.74, 6) is -0.477. The molecule has 1 N–H and O–H groups in total. The first-order chi connectivity index (χ1) is 9.90. The zero-order valence-corrected chi connectivity index (χ0v) is 13.9. The summed E-state index contributed by atoms with van der Waals surface area (Å²) >= 11 is 18.0. The van der Waals surface area contributed by atoms with E-state index in [1.54, 1.807) is 0 Å². The monoisotopic (exact) mass is 345 g/mol. The van der Waals surface area contributed by atoms with Gasteiger partial charge in [-0.15, -0.1) is 0 Å². The summed E-state index contributed by atoms with van der Waals surface area (Å²) in [6.45, 7) is 3.92. The summed E-state index contributed by atoms with van der Waals surface area (Å²) < 4.78 is 13.6. The molecule has 0 saturated heterocycles. The van der Waals surface area contributed by atoms with Crippen molar-refractivity contribution in [3.8, 4) is 0 Å². The Bertz CT molecular complexity index is 645. The molecule has 0 aliphatic heterocycles. The van der Waals surface area contributed by atoms with Crippen LogP contribution in [0.25, 0.3) is 0 Å². The van der Waals surface area contributed by atoms with Crippen molar-refractivity contribution in [2.45, 2.75) is 25.9 Å². The number of hydrogen-bond acceptors (Lipinski definition) is 1. The summed E-state index contributed by atoms with van der Waals surface area (Å²) in [7, 11) is 0. The molecule has 0 bridgehead atoms. The smallest absolute Gasteiger partial charge is 0.142 e. The van der Waals surface area contributed by atoms with Gasteiger partial charge in [-0.2, -0.15) is 0 Å². The summed E-state index contributed by atoms with van der Waals surface area (Å²) in [4.78, 5) is 0. The molecule has 112 valence electrons. The van der Waals surface area contributed by atoms with Gasteiger partial charge < -0.3 is 5.32 Å². The highest BCUT2D eigenvalue weighted by Gasteiger charge is 2.17. The van der Waals surface area contributed by atoms with Crippen LogP contribution in [0.1, 0.15) is 37.1 Å². The summed E-state index contributed by atoms with van der Waals surface area (Å²) in [6.07, 6.45) is 0. The van der Waals surface area contributed by atoms with Gasteiger partial charge in [-0.3, -0.25) is 0 Å². The van der Waals surface area contributed by atoms with Gasteiger partial charge in [-0.05, 0) is 43.2 Å². The SMILES string of the molecule is CC(N[C@@H](C)c1ccccc1Cl)c1cc(F)c(Cl)cc1Cl. The van der Waals surface area contributed by atoms with Gasteiger partial charge in [0.1, 0.15) is 5.82 Å². The topological polar surface area (TPSA) is 12.0 Å². The second-order valence-electron chi connectivity index (χ2n) is 4.92. The molecule has 0 aliphatic carbocycles. The molecule has 2 atom stereocenters. The fraction of sp³-hybridized carbons (Fsp3) is 0.250. The first kappa shape index (κ1) is 16.6. The molecule has 2 aromatic carbocycles. The van der Waals surface area contributed by atoms with Crippen LogP contribution in [0.4, 0.5) is 4.39 Å². The average Bonchev–Trinajstić information content (AvgIpc) is 2.43. The Morgan fingerprint density at radius 1 is 0.857 bits per heavy atom. The minimum atomic E-state index is -0.477. The van der Waals surface area contributed by atoms with Crippen LogP contribution in [0.15, 0.2) is 36.4 Å². The van der Waals surface area contributed by atoms with E-state index in [2.05, 4.69) is 5.32 Å². The van der Waals surface area contributed by atoms with Crippen molar-refractivity contribution in [3.63, 3.8) is 0 Å². The van der Waals surface area contributed by atoms with Gasteiger partial charge in [0.05, 0.1) is 5.02 Å². The van der Waals surface area contributed by atoms with Gasteiger partial charge in [0.15, 0.2) is 0 Å². The van der Waals surface area contributed by atoms with E-state index in [-0.39, 0.29) is 17.1 Å². The maximum Gasteiger partial charge on any atom is 0.142 e. The third-order valence-electron chi connectivity index (χ3n) is 3.38. The number of nitrogens with one attached hydrogen (secondary N) is 1. The lowest BCUT2D eigenvalue weighted by molar-refractivity contribution is 0.492. The Labute approximate surface area is 139 Å². The van der Waals surface area contributed by atoms with Crippen molar-refractivity contribution in [2.24, 2.45) is 0 Å². The van der Waals surface area contributed by atoms with E-state index >= 15 is 0 Å². The van der Waals surface area contributed by atoms with Gasteiger partial charge in [0.25, 0.3) is 0 Å². The quantitative estimate of drug-likeness (QED) is 0.650. The highest BCUT2D eigenvalue weighted by Crippen LogP contribution is 2.31. The lowest BCUT2D eigenvalue weighted by atomic mass is 10.0. The number of hydrogen-bond donors (Lipinski definition) is 1. The van der Waals surface area contributed by atoms with E-state index in [9.17, 15) is 4.39 Å². The average molecular weight is 347 g/mol. The summed E-state index contributed by atoms with van der Waals surface area (Å²) in [5.41, 5.74) is 1.65. The second-order valence-corrected chi connectivity index (χ2v) is 6.14. The Hall–Kier alpha value is -0.800. The number of rotatable bonds is 4. The van der Waals surface area contributed by atoms with Crippen molar-refractivity contribution in [2.75, 3.05) is 0 Å². The van der Waals surface area contributed by atoms with E-state index in [4.69, 9.17) is 34.8 Å². The van der Waals surface area contributed by atoms with Gasteiger partial charge in [0.2, 0.25) is 0 Å². The first-order valence-electron chi connectivity index (χ1n) is 6.55. The molecule has 0 aliphatic rings. The minimum absolute atomic E-state index is 0.00325. The maximum atomic E-state index is 13.6. The Kier molecular flexibility index (Phi) is 5.50. The minimum Gasteiger partial charge on any atom is -0.304 e. The fourth-order valence-corrected chi connectivity index (χ4v) is 3.10. The molecule has 0 fully saturated rings. The molecule has 5 heteroatoms. The third-order valence-corrected chi connectivity index (χ3v) is 4.34. The van der Waals surface area contributed by atoms with Crippen LogP contribution >= 0.6 is 34.8 Å². The maximum absolute atomic E-state index is 13.6. The second kappa shape index (κ2) is 6.97. The van der Waals surface area contributed by atoms with Gasteiger partial charge >= 0.3 is 0 Å². The van der Waals surface area contributed by atoms with Crippen molar-refractivity contribution in [1.82, 2.24) is 5.32 Å². The van der Waals surface area contributed by atoms with Crippen LogP contribution < -0.4 is 5.32 Å². The molecule has 0 heterocycles. The number of benzene rings is 2. The zero-order valence-electron chi connectivity index (χ0n) is 11.6. The molecule has 0 spiro atoms. The van der Waals surface area contributed by atoms with E-state index in [0.717, 1.165) is 5.56 Å². The summed E-state index contributed by atoms with van der Waals surface area (Å²) in [6, 6.07) is 10.3. The molecule has 2 rings (SSSR count). The molecule has 21 heavy (non-hydrogen) atoms. The van der Waals surface area contributed by atoms with Crippen molar-refractivity contribution >= 4 is 34.8 Å². The Morgan fingerprint density at radius 3 is 2.14 bits per heavy atom.